The number of nitriles is 1. The third-order valence-corrected chi connectivity index (χ3v) is 5.19. The summed E-state index contributed by atoms with van der Waals surface area (Å²) in [5, 5.41) is 9.21. The van der Waals surface area contributed by atoms with Crippen molar-refractivity contribution in [2.75, 3.05) is 0 Å². The van der Waals surface area contributed by atoms with E-state index in [1.165, 1.54) is 6.07 Å². The summed E-state index contributed by atoms with van der Waals surface area (Å²) < 4.78 is 65.5. The summed E-state index contributed by atoms with van der Waals surface area (Å²) in [6.45, 7) is 0. The molecule has 0 aliphatic carbocycles. The Hall–Kier alpha value is -2.57. The molecule has 0 aliphatic rings. The molecular weight excluding hydrogens is 405 g/mol. The van der Waals surface area contributed by atoms with Crippen molar-refractivity contribution in [3.63, 3.8) is 0 Å². The smallest absolute Gasteiger partial charge is 0.274 e. The minimum atomic E-state index is -5.01. The number of benzene rings is 2. The van der Waals surface area contributed by atoms with Crippen LogP contribution in [0.3, 0.4) is 0 Å². The summed E-state index contributed by atoms with van der Waals surface area (Å²) in [7, 11) is -4.76. The van der Waals surface area contributed by atoms with Gasteiger partial charge < -0.3 is 0 Å². The number of nitrogens with zero attached hydrogens (tertiary/aromatic N) is 1. The highest BCUT2D eigenvalue weighted by Gasteiger charge is 2.38. The number of amides is 1. The second-order valence-electron chi connectivity index (χ2n) is 5.48. The number of hydrogen-bond acceptors (Lipinski definition) is 4. The number of carbonyl (C=O) groups is 1. The molecule has 1 amide bonds. The van der Waals surface area contributed by atoms with Gasteiger partial charge in [-0.15, -0.1) is 0 Å². The molecule has 10 heteroatoms. The lowest BCUT2D eigenvalue weighted by Crippen LogP contribution is -2.32. The largest absolute Gasteiger partial charge is 0.417 e. The van der Waals surface area contributed by atoms with Gasteiger partial charge in [-0.2, -0.15) is 18.4 Å². The fourth-order valence-corrected chi connectivity index (χ4v) is 3.57. The Morgan fingerprint density at radius 1 is 1.15 bits per heavy atom. The maximum Gasteiger partial charge on any atom is 0.417 e. The lowest BCUT2D eigenvalue weighted by atomic mass is 10.1. The van der Waals surface area contributed by atoms with Gasteiger partial charge in [0.2, 0.25) is 5.91 Å². The van der Waals surface area contributed by atoms with Gasteiger partial charge in [0.1, 0.15) is 0 Å². The second-order valence-corrected chi connectivity index (χ2v) is 7.56. The van der Waals surface area contributed by atoms with Crippen molar-refractivity contribution >= 4 is 27.5 Å². The summed E-state index contributed by atoms with van der Waals surface area (Å²) in [6.07, 6.45) is -5.08. The zero-order valence-electron chi connectivity index (χ0n) is 13.5. The van der Waals surface area contributed by atoms with Crippen molar-refractivity contribution in [2.45, 2.75) is 23.9 Å². The third-order valence-electron chi connectivity index (χ3n) is 3.51. The van der Waals surface area contributed by atoms with Gasteiger partial charge in [0.15, 0.2) is 0 Å². The molecule has 0 radical (unpaired) electrons. The Balaban J connectivity index is 2.19. The van der Waals surface area contributed by atoms with Crippen LogP contribution in [0.15, 0.2) is 47.4 Å². The number of rotatable bonds is 5. The first-order valence-corrected chi connectivity index (χ1v) is 9.30. The average molecular weight is 417 g/mol. The maximum absolute atomic E-state index is 13.1. The molecule has 1 N–H and O–H groups in total. The highest BCUT2D eigenvalue weighted by atomic mass is 35.5. The standard InChI is InChI=1S/C17H12ClF3N2O3S/c18-13-5-1-11(2-6-13)4-8-16(24)23-27(25,26)15-7-3-12(10-22)9-14(15)17(19,20)21/h1-3,5-7,9H,4,8H2,(H,23,24). The van der Waals surface area contributed by atoms with Gasteiger partial charge in [0.25, 0.3) is 10.0 Å². The van der Waals surface area contributed by atoms with Gasteiger partial charge in [0.05, 0.1) is 22.1 Å². The fraction of sp³-hybridized carbons (Fsp3) is 0.176. The Kier molecular flexibility index (Phi) is 6.13. The van der Waals surface area contributed by atoms with Crippen LogP contribution in [0.4, 0.5) is 13.2 Å². The van der Waals surface area contributed by atoms with Crippen LogP contribution in [-0.4, -0.2) is 14.3 Å². The minimum absolute atomic E-state index is 0.179. The Bertz CT molecular complexity index is 998. The molecule has 2 rings (SSSR count). The van der Waals surface area contributed by atoms with Crippen LogP contribution in [0, 0.1) is 11.3 Å². The first kappa shape index (κ1) is 20.7. The fourth-order valence-electron chi connectivity index (χ4n) is 2.22. The van der Waals surface area contributed by atoms with Crippen LogP contribution < -0.4 is 4.72 Å². The summed E-state index contributed by atoms with van der Waals surface area (Å²) in [5.41, 5.74) is -1.16. The lowest BCUT2D eigenvalue weighted by Gasteiger charge is -2.14. The van der Waals surface area contributed by atoms with E-state index in [4.69, 9.17) is 16.9 Å². The Morgan fingerprint density at radius 3 is 2.33 bits per heavy atom. The van der Waals surface area contributed by atoms with E-state index in [-0.39, 0.29) is 18.4 Å². The van der Waals surface area contributed by atoms with E-state index >= 15 is 0 Å². The highest BCUT2D eigenvalue weighted by molar-refractivity contribution is 7.90. The Morgan fingerprint density at radius 2 is 1.78 bits per heavy atom. The summed E-state index contributed by atoms with van der Waals surface area (Å²) >= 11 is 5.73. The van der Waals surface area contributed by atoms with E-state index in [1.54, 1.807) is 29.0 Å². The molecule has 0 heterocycles. The highest BCUT2D eigenvalue weighted by Crippen LogP contribution is 2.34. The zero-order chi connectivity index (χ0) is 20.2. The summed E-state index contributed by atoms with van der Waals surface area (Å²) in [5.74, 6) is -0.956. The van der Waals surface area contributed by atoms with Crippen molar-refractivity contribution in [3.05, 3.63) is 64.2 Å². The first-order chi connectivity index (χ1) is 12.5. The number of hydrogen-bond donors (Lipinski definition) is 1. The van der Waals surface area contributed by atoms with E-state index in [9.17, 15) is 26.4 Å². The molecule has 0 saturated heterocycles. The van der Waals surface area contributed by atoms with Crippen LogP contribution in [0.25, 0.3) is 0 Å². The molecule has 2 aromatic rings. The molecule has 0 bridgehead atoms. The topological polar surface area (TPSA) is 87.0 Å². The molecule has 0 spiro atoms. The van der Waals surface area contributed by atoms with Crippen molar-refractivity contribution in [2.24, 2.45) is 0 Å². The van der Waals surface area contributed by atoms with Gasteiger partial charge >= 0.3 is 6.18 Å². The first-order valence-electron chi connectivity index (χ1n) is 7.44. The maximum atomic E-state index is 13.1. The lowest BCUT2D eigenvalue weighted by molar-refractivity contribution is -0.140. The van der Waals surface area contributed by atoms with Crippen LogP contribution in [0.2, 0.25) is 5.02 Å². The molecule has 0 aliphatic heterocycles. The van der Waals surface area contributed by atoms with Crippen molar-refractivity contribution in [3.8, 4) is 6.07 Å². The van der Waals surface area contributed by atoms with Gasteiger partial charge in [0, 0.05) is 11.4 Å². The molecule has 5 nitrogen and oxygen atoms in total. The number of aryl methyl sites for hydroxylation is 1. The van der Waals surface area contributed by atoms with Crippen LogP contribution in [-0.2, 0) is 27.4 Å². The van der Waals surface area contributed by atoms with Gasteiger partial charge in [-0.3, -0.25) is 4.79 Å². The van der Waals surface area contributed by atoms with Gasteiger partial charge in [-0.1, -0.05) is 23.7 Å². The van der Waals surface area contributed by atoms with Crippen LogP contribution in [0.1, 0.15) is 23.1 Å². The number of nitrogens with one attached hydrogen (secondary N) is 1. The molecule has 27 heavy (non-hydrogen) atoms. The third kappa shape index (κ3) is 5.45. The van der Waals surface area contributed by atoms with E-state index < -0.39 is 32.6 Å². The number of sulfonamides is 1. The van der Waals surface area contributed by atoms with E-state index in [2.05, 4.69) is 0 Å². The minimum Gasteiger partial charge on any atom is -0.274 e. The normalized spacial score (nSPS) is 11.7. The Labute approximate surface area is 158 Å². The monoisotopic (exact) mass is 416 g/mol. The molecule has 0 aromatic heterocycles. The van der Waals surface area contributed by atoms with E-state index in [1.807, 2.05) is 0 Å². The van der Waals surface area contributed by atoms with Crippen LogP contribution in [0.5, 0.6) is 0 Å². The van der Waals surface area contributed by atoms with Crippen LogP contribution >= 0.6 is 11.6 Å². The second kappa shape index (κ2) is 7.98. The number of halogens is 4. The molecule has 0 atom stereocenters. The predicted octanol–water partition coefficient (Wildman–Crippen LogP) is 3.67. The number of carbonyl (C=O) groups excluding carboxylic acids is 1. The molecule has 0 unspecified atom stereocenters. The van der Waals surface area contributed by atoms with Crippen molar-refractivity contribution in [1.82, 2.24) is 4.72 Å². The van der Waals surface area contributed by atoms with E-state index in [0.29, 0.717) is 22.7 Å². The van der Waals surface area contributed by atoms with Crippen molar-refractivity contribution < 1.29 is 26.4 Å². The molecule has 2 aromatic carbocycles. The summed E-state index contributed by atoms with van der Waals surface area (Å²) in [6, 6.07) is 10.00. The molecule has 0 saturated carbocycles. The molecule has 0 fully saturated rings. The van der Waals surface area contributed by atoms with Crippen molar-refractivity contribution in [1.29, 1.82) is 5.26 Å². The average Bonchev–Trinajstić information content (AvgIpc) is 2.59. The van der Waals surface area contributed by atoms with Gasteiger partial charge in [-0.25, -0.2) is 13.1 Å². The number of alkyl halides is 3. The van der Waals surface area contributed by atoms with Gasteiger partial charge in [-0.05, 0) is 42.3 Å². The molecular formula is C17H12ClF3N2O3S. The SMILES string of the molecule is N#Cc1ccc(S(=O)(=O)NC(=O)CCc2ccc(Cl)cc2)c(C(F)(F)F)c1. The van der Waals surface area contributed by atoms with E-state index in [0.717, 1.165) is 6.07 Å². The predicted molar refractivity (Wildman–Crippen MR) is 91.3 cm³/mol. The molecule has 142 valence electrons. The zero-order valence-corrected chi connectivity index (χ0v) is 15.1. The quantitative estimate of drug-likeness (QED) is 0.805. The summed E-state index contributed by atoms with van der Waals surface area (Å²) in [4.78, 5) is 10.8.